The highest BCUT2D eigenvalue weighted by Gasteiger charge is 2.31. The van der Waals surface area contributed by atoms with Gasteiger partial charge >= 0.3 is 12.2 Å². The van der Waals surface area contributed by atoms with Crippen molar-refractivity contribution in [1.29, 1.82) is 10.8 Å². The lowest BCUT2D eigenvalue weighted by atomic mass is 10.0. The lowest BCUT2D eigenvalue weighted by Crippen LogP contribution is -2.28. The van der Waals surface area contributed by atoms with Gasteiger partial charge in [0.15, 0.2) is 5.49 Å². The van der Waals surface area contributed by atoms with Gasteiger partial charge in [-0.05, 0) is 42.3 Å². The summed E-state index contributed by atoms with van der Waals surface area (Å²) < 4.78 is 51.0. The van der Waals surface area contributed by atoms with E-state index in [1.54, 1.807) is 6.92 Å². The monoisotopic (exact) mass is 438 g/mol. The molecule has 0 saturated carbocycles. The number of hydrogen-bond donors (Lipinski definition) is 2. The number of alkyl halides is 3. The lowest BCUT2D eigenvalue weighted by Gasteiger charge is -2.15. The molecule has 0 fully saturated rings. The zero-order valence-electron chi connectivity index (χ0n) is 15.6. The highest BCUT2D eigenvalue weighted by Crippen LogP contribution is 2.38. The van der Waals surface area contributed by atoms with Crippen LogP contribution >= 0.6 is 11.6 Å². The SMILES string of the molecule is COc1ncc(-c2ccc(C(F)(F)F)cc2Oc2cc(C)c(=N)n(C(=N)Cl)n2)cn1. The summed E-state index contributed by atoms with van der Waals surface area (Å²) in [6.45, 7) is 1.55. The molecule has 2 N–H and O–H groups in total. The van der Waals surface area contributed by atoms with E-state index in [0.29, 0.717) is 11.1 Å². The minimum Gasteiger partial charge on any atom is -0.467 e. The largest absolute Gasteiger partial charge is 0.467 e. The third-order valence-corrected chi connectivity index (χ3v) is 4.12. The third kappa shape index (κ3) is 4.40. The van der Waals surface area contributed by atoms with Gasteiger partial charge in [0.25, 0.3) is 0 Å². The highest BCUT2D eigenvalue weighted by atomic mass is 35.5. The molecule has 0 atom stereocenters. The molecule has 1 aromatic carbocycles. The molecule has 156 valence electrons. The van der Waals surface area contributed by atoms with Crippen molar-refractivity contribution in [2.45, 2.75) is 13.1 Å². The van der Waals surface area contributed by atoms with Crippen LogP contribution in [0.2, 0.25) is 0 Å². The molecule has 0 radical (unpaired) electrons. The van der Waals surface area contributed by atoms with Crippen LogP contribution in [-0.2, 0) is 6.18 Å². The first kappa shape index (κ1) is 21.2. The van der Waals surface area contributed by atoms with Crippen LogP contribution < -0.4 is 15.0 Å². The molecule has 0 aliphatic heterocycles. The van der Waals surface area contributed by atoms with Gasteiger partial charge in [0.2, 0.25) is 11.2 Å². The Kier molecular flexibility index (Phi) is 5.74. The van der Waals surface area contributed by atoms with E-state index >= 15 is 0 Å². The van der Waals surface area contributed by atoms with E-state index in [9.17, 15) is 13.2 Å². The number of aromatic nitrogens is 4. The highest BCUT2D eigenvalue weighted by molar-refractivity contribution is 6.64. The van der Waals surface area contributed by atoms with Crippen LogP contribution in [-0.4, -0.2) is 32.2 Å². The molecule has 2 aromatic heterocycles. The summed E-state index contributed by atoms with van der Waals surface area (Å²) in [7, 11) is 1.38. The molecule has 0 spiro atoms. The van der Waals surface area contributed by atoms with Crippen molar-refractivity contribution in [3.63, 3.8) is 0 Å². The van der Waals surface area contributed by atoms with Gasteiger partial charge in [-0.15, -0.1) is 5.10 Å². The van der Waals surface area contributed by atoms with Crippen LogP contribution in [0.25, 0.3) is 11.1 Å². The number of halogens is 4. The molecule has 3 rings (SSSR count). The van der Waals surface area contributed by atoms with Gasteiger partial charge < -0.3 is 9.47 Å². The zero-order chi connectivity index (χ0) is 22.1. The number of nitrogens with one attached hydrogen (secondary N) is 2. The Bertz CT molecular complexity index is 1160. The Morgan fingerprint density at radius 2 is 1.83 bits per heavy atom. The van der Waals surface area contributed by atoms with Crippen LogP contribution in [0.3, 0.4) is 0 Å². The summed E-state index contributed by atoms with van der Waals surface area (Å²) in [5.41, 5.74) is -0.0803. The maximum Gasteiger partial charge on any atom is 0.416 e. The van der Waals surface area contributed by atoms with Crippen molar-refractivity contribution in [2.75, 3.05) is 7.11 Å². The fraction of sp³-hybridized carbons (Fsp3) is 0.167. The first-order chi connectivity index (χ1) is 14.1. The van der Waals surface area contributed by atoms with Gasteiger partial charge in [-0.2, -0.15) is 17.9 Å². The fourth-order valence-corrected chi connectivity index (χ4v) is 2.61. The molecule has 0 aliphatic carbocycles. The Balaban J connectivity index is 2.13. The normalized spacial score (nSPS) is 11.3. The number of methoxy groups -OCH3 is 1. The van der Waals surface area contributed by atoms with E-state index in [0.717, 1.165) is 16.8 Å². The molecular weight excluding hydrogens is 425 g/mol. The molecule has 8 nitrogen and oxygen atoms in total. The van der Waals surface area contributed by atoms with E-state index in [2.05, 4.69) is 15.1 Å². The molecule has 12 heteroatoms. The Morgan fingerprint density at radius 3 is 2.40 bits per heavy atom. The molecule has 0 bridgehead atoms. The van der Waals surface area contributed by atoms with E-state index in [1.807, 2.05) is 0 Å². The Hall–Kier alpha value is -3.47. The predicted octanol–water partition coefficient (Wildman–Crippen LogP) is 3.97. The fourth-order valence-electron chi connectivity index (χ4n) is 2.48. The minimum atomic E-state index is -4.60. The average molecular weight is 439 g/mol. The lowest BCUT2D eigenvalue weighted by molar-refractivity contribution is -0.137. The average Bonchev–Trinajstić information content (AvgIpc) is 2.69. The number of rotatable bonds is 4. The zero-order valence-corrected chi connectivity index (χ0v) is 16.3. The summed E-state index contributed by atoms with van der Waals surface area (Å²) in [6, 6.07) is 4.41. The minimum absolute atomic E-state index is 0.0955. The first-order valence-electron chi connectivity index (χ1n) is 8.25. The summed E-state index contributed by atoms with van der Waals surface area (Å²) in [6.07, 6.45) is -1.84. The van der Waals surface area contributed by atoms with Crippen LogP contribution in [0.4, 0.5) is 13.2 Å². The van der Waals surface area contributed by atoms with E-state index in [1.165, 1.54) is 31.6 Å². The number of nitrogens with zero attached hydrogens (tertiary/aromatic N) is 4. The quantitative estimate of drug-likeness (QED) is 0.473. The number of ether oxygens (including phenoxy) is 2. The Labute approximate surface area is 172 Å². The van der Waals surface area contributed by atoms with Crippen LogP contribution in [0.5, 0.6) is 17.6 Å². The molecule has 0 amide bonds. The van der Waals surface area contributed by atoms with Gasteiger partial charge in [0, 0.05) is 29.6 Å². The molecule has 30 heavy (non-hydrogen) atoms. The number of hydrogen-bond acceptors (Lipinski definition) is 7. The maximum absolute atomic E-state index is 13.2. The van der Waals surface area contributed by atoms with Crippen molar-refractivity contribution in [1.82, 2.24) is 19.7 Å². The van der Waals surface area contributed by atoms with Crippen molar-refractivity contribution < 1.29 is 22.6 Å². The predicted molar refractivity (Wildman–Crippen MR) is 101 cm³/mol. The number of aryl methyl sites for hydroxylation is 1. The molecular formula is C18H14ClF3N6O2. The van der Waals surface area contributed by atoms with Crippen molar-refractivity contribution >= 4 is 16.9 Å². The van der Waals surface area contributed by atoms with Crippen LogP contribution in [0, 0.1) is 17.7 Å². The van der Waals surface area contributed by atoms with Gasteiger partial charge in [-0.25, -0.2) is 9.97 Å². The summed E-state index contributed by atoms with van der Waals surface area (Å²) in [5, 5.41) is 18.7. The first-order valence-corrected chi connectivity index (χ1v) is 8.63. The van der Waals surface area contributed by atoms with E-state index in [-0.39, 0.29) is 28.7 Å². The van der Waals surface area contributed by atoms with E-state index < -0.39 is 17.0 Å². The summed E-state index contributed by atoms with van der Waals surface area (Å²) >= 11 is 5.63. The molecule has 3 aromatic rings. The maximum atomic E-state index is 13.2. The third-order valence-electron chi connectivity index (χ3n) is 3.96. The van der Waals surface area contributed by atoms with E-state index in [4.69, 9.17) is 31.9 Å². The second-order valence-corrected chi connectivity index (χ2v) is 6.34. The molecule has 0 unspecified atom stereocenters. The second kappa shape index (κ2) is 8.11. The van der Waals surface area contributed by atoms with Gasteiger partial charge in [-0.1, -0.05) is 0 Å². The van der Waals surface area contributed by atoms with Crippen molar-refractivity contribution in [2.24, 2.45) is 0 Å². The van der Waals surface area contributed by atoms with Gasteiger partial charge in [0.1, 0.15) is 5.75 Å². The smallest absolute Gasteiger partial charge is 0.416 e. The van der Waals surface area contributed by atoms with Crippen molar-refractivity contribution in [3.05, 3.63) is 53.3 Å². The Morgan fingerprint density at radius 1 is 1.17 bits per heavy atom. The standard InChI is InChI=1S/C18H14ClF3N6O2/c1-9-5-14(27-28(15(9)23)16(19)24)30-13-6-11(18(20,21)22)3-4-12(13)10-7-25-17(29-2)26-8-10/h3-8,23-24H,1-2H3. The summed E-state index contributed by atoms with van der Waals surface area (Å²) in [4.78, 5) is 7.91. The molecule has 2 heterocycles. The molecule has 0 aliphatic rings. The number of benzene rings is 1. The molecule has 0 saturated heterocycles. The van der Waals surface area contributed by atoms with Crippen LogP contribution in [0.1, 0.15) is 11.1 Å². The topological polar surface area (TPSA) is 110 Å². The van der Waals surface area contributed by atoms with Crippen molar-refractivity contribution in [3.8, 4) is 28.8 Å². The van der Waals surface area contributed by atoms with Gasteiger partial charge in [0.05, 0.1) is 12.7 Å². The second-order valence-electron chi connectivity index (χ2n) is 5.99. The van der Waals surface area contributed by atoms with Crippen LogP contribution in [0.15, 0.2) is 36.7 Å². The van der Waals surface area contributed by atoms with Gasteiger partial charge in [-0.3, -0.25) is 10.8 Å². The summed E-state index contributed by atoms with van der Waals surface area (Å²) in [5.74, 6) is -0.320.